The van der Waals surface area contributed by atoms with Gasteiger partial charge in [-0.1, -0.05) is 6.92 Å². The number of hydrogen-bond acceptors (Lipinski definition) is 6. The fourth-order valence-corrected chi connectivity index (χ4v) is 5.21. The summed E-state index contributed by atoms with van der Waals surface area (Å²) >= 11 is 0. The summed E-state index contributed by atoms with van der Waals surface area (Å²) in [7, 11) is 0. The molecule has 0 saturated carbocycles. The third kappa shape index (κ3) is 2.46. The second-order valence-corrected chi connectivity index (χ2v) is 8.43. The molecule has 6 nitrogen and oxygen atoms in total. The minimum atomic E-state index is -0.985. The van der Waals surface area contributed by atoms with Crippen LogP contribution >= 0.6 is 0 Å². The van der Waals surface area contributed by atoms with Crippen molar-refractivity contribution in [3.05, 3.63) is 0 Å². The number of cyclic esters (lactones) is 1. The number of carbonyl (C=O) groups excluding carboxylic acids is 2. The van der Waals surface area contributed by atoms with Gasteiger partial charge in [0.2, 0.25) is 0 Å². The Hall–Kier alpha value is -1.14. The van der Waals surface area contributed by atoms with Gasteiger partial charge < -0.3 is 14.2 Å². The molecular formula is C18H27NO5. The lowest BCUT2D eigenvalue weighted by atomic mass is 9.86. The summed E-state index contributed by atoms with van der Waals surface area (Å²) in [6, 6.07) is 0.192. The molecular weight excluding hydrogens is 310 g/mol. The molecule has 4 saturated heterocycles. The van der Waals surface area contributed by atoms with Gasteiger partial charge in [-0.2, -0.15) is 0 Å². The van der Waals surface area contributed by atoms with E-state index in [1.165, 1.54) is 0 Å². The highest BCUT2D eigenvalue weighted by Crippen LogP contribution is 2.46. The van der Waals surface area contributed by atoms with Crippen molar-refractivity contribution in [2.45, 2.75) is 69.8 Å². The summed E-state index contributed by atoms with van der Waals surface area (Å²) in [4.78, 5) is 27.6. The van der Waals surface area contributed by atoms with Crippen molar-refractivity contribution in [2.75, 3.05) is 19.7 Å². The Morgan fingerprint density at radius 1 is 1.17 bits per heavy atom. The molecule has 4 heterocycles. The van der Waals surface area contributed by atoms with Crippen molar-refractivity contribution in [2.24, 2.45) is 11.8 Å². The van der Waals surface area contributed by atoms with Crippen LogP contribution in [0.25, 0.3) is 0 Å². The van der Waals surface area contributed by atoms with E-state index in [9.17, 15) is 9.59 Å². The molecule has 134 valence electrons. The molecule has 24 heavy (non-hydrogen) atoms. The predicted octanol–water partition coefficient (Wildman–Crippen LogP) is 1.51. The molecule has 0 amide bonds. The average molecular weight is 337 g/mol. The van der Waals surface area contributed by atoms with Crippen LogP contribution in [0.3, 0.4) is 0 Å². The first-order chi connectivity index (χ1) is 11.3. The Morgan fingerprint density at radius 3 is 2.71 bits per heavy atom. The lowest BCUT2D eigenvalue weighted by molar-refractivity contribution is -0.187. The number of ether oxygens (including phenoxy) is 3. The van der Waals surface area contributed by atoms with Gasteiger partial charge in [0.15, 0.2) is 5.60 Å². The number of fused-ring (bicyclic) bond motifs is 2. The Morgan fingerprint density at radius 2 is 1.92 bits per heavy atom. The van der Waals surface area contributed by atoms with E-state index in [0.717, 1.165) is 25.9 Å². The fourth-order valence-electron chi connectivity index (χ4n) is 5.21. The second kappa shape index (κ2) is 5.43. The van der Waals surface area contributed by atoms with Crippen LogP contribution in [-0.4, -0.2) is 59.9 Å². The van der Waals surface area contributed by atoms with E-state index >= 15 is 0 Å². The average Bonchev–Trinajstić information content (AvgIpc) is 3.11. The number of nitrogens with zero attached hydrogens (tertiary/aromatic N) is 1. The molecule has 6 atom stereocenters. The first kappa shape index (κ1) is 16.3. The number of carbonyl (C=O) groups is 2. The predicted molar refractivity (Wildman–Crippen MR) is 85.2 cm³/mol. The number of hydrogen-bond donors (Lipinski definition) is 0. The van der Waals surface area contributed by atoms with E-state index in [0.29, 0.717) is 13.0 Å². The van der Waals surface area contributed by atoms with Gasteiger partial charge in [-0.15, -0.1) is 0 Å². The Labute approximate surface area is 142 Å². The fraction of sp³-hybridized carbons (Fsp3) is 0.889. The third-order valence-corrected chi connectivity index (χ3v) is 6.55. The van der Waals surface area contributed by atoms with Crippen LogP contribution in [0, 0.1) is 11.8 Å². The monoisotopic (exact) mass is 337 g/mol. The van der Waals surface area contributed by atoms with Gasteiger partial charge in [0.25, 0.3) is 0 Å². The van der Waals surface area contributed by atoms with Crippen LogP contribution in [0.1, 0.15) is 46.5 Å². The zero-order valence-electron chi connectivity index (χ0n) is 14.7. The highest BCUT2D eigenvalue weighted by molar-refractivity contribution is 5.80. The van der Waals surface area contributed by atoms with Crippen molar-refractivity contribution in [3.63, 3.8) is 0 Å². The summed E-state index contributed by atoms with van der Waals surface area (Å²) in [5.41, 5.74) is -1.65. The molecule has 0 aliphatic carbocycles. The topological polar surface area (TPSA) is 65.1 Å². The molecule has 6 heteroatoms. The molecule has 0 aromatic carbocycles. The molecule has 4 aliphatic rings. The quantitative estimate of drug-likeness (QED) is 0.625. The van der Waals surface area contributed by atoms with E-state index in [1.54, 1.807) is 6.92 Å². The molecule has 4 fully saturated rings. The number of esters is 2. The molecule has 0 aromatic rings. The van der Waals surface area contributed by atoms with Crippen molar-refractivity contribution in [3.8, 4) is 0 Å². The van der Waals surface area contributed by atoms with E-state index in [-0.39, 0.29) is 42.3 Å². The van der Waals surface area contributed by atoms with Crippen LogP contribution in [0.2, 0.25) is 0 Å². The maximum absolute atomic E-state index is 12.7. The van der Waals surface area contributed by atoms with E-state index in [2.05, 4.69) is 4.90 Å². The van der Waals surface area contributed by atoms with Crippen molar-refractivity contribution < 1.29 is 23.8 Å². The third-order valence-electron chi connectivity index (χ3n) is 6.55. The SMILES string of the molecule is C[C@@H]1C[C@]2(C)CC(=O)O[C@@H]3CCN4CC[C@H](COC(=O)[C@]1(C)O2)[C@H]34. The normalized spacial score (nSPS) is 49.1. The van der Waals surface area contributed by atoms with Crippen molar-refractivity contribution in [1.29, 1.82) is 0 Å². The molecule has 4 aliphatic heterocycles. The zero-order chi connectivity index (χ0) is 17.1. The van der Waals surface area contributed by atoms with E-state index < -0.39 is 11.2 Å². The first-order valence-corrected chi connectivity index (χ1v) is 9.12. The van der Waals surface area contributed by atoms with Gasteiger partial charge in [0.1, 0.15) is 6.10 Å². The standard InChI is InChI=1S/C18H27NO5/c1-11-8-17(2)9-14(20)23-13-5-7-19-6-4-12(15(13)19)10-22-16(21)18(11,3)24-17/h11-13,15H,4-10H2,1-3H3/t11-,12-,13-,15-,17-,18-/m1/s1. The van der Waals surface area contributed by atoms with Gasteiger partial charge >= 0.3 is 11.9 Å². The van der Waals surface area contributed by atoms with Gasteiger partial charge in [-0.05, 0) is 45.6 Å². The summed E-state index contributed by atoms with van der Waals surface area (Å²) in [5, 5.41) is 0. The van der Waals surface area contributed by atoms with Gasteiger partial charge in [-0.25, -0.2) is 4.79 Å². The molecule has 0 unspecified atom stereocenters. The van der Waals surface area contributed by atoms with Gasteiger partial charge in [-0.3, -0.25) is 9.69 Å². The maximum atomic E-state index is 12.7. The van der Waals surface area contributed by atoms with E-state index in [4.69, 9.17) is 14.2 Å². The Kier molecular flexibility index (Phi) is 3.69. The molecule has 0 spiro atoms. The molecule has 4 rings (SSSR count). The van der Waals surface area contributed by atoms with Crippen molar-refractivity contribution in [1.82, 2.24) is 4.90 Å². The summed E-state index contributed by atoms with van der Waals surface area (Å²) in [6.45, 7) is 8.01. The molecule has 2 bridgehead atoms. The first-order valence-electron chi connectivity index (χ1n) is 9.12. The lowest BCUT2D eigenvalue weighted by Crippen LogP contribution is -2.46. The highest BCUT2D eigenvalue weighted by atomic mass is 16.6. The maximum Gasteiger partial charge on any atom is 0.338 e. The van der Waals surface area contributed by atoms with Gasteiger partial charge in [0, 0.05) is 12.5 Å². The summed E-state index contributed by atoms with van der Waals surface area (Å²) in [6.07, 6.45) is 2.60. The smallest absolute Gasteiger partial charge is 0.338 e. The second-order valence-electron chi connectivity index (χ2n) is 8.43. The number of rotatable bonds is 0. The molecule has 0 N–H and O–H groups in total. The summed E-state index contributed by atoms with van der Waals surface area (Å²) < 4.78 is 17.6. The van der Waals surface area contributed by atoms with Crippen LogP contribution in [-0.2, 0) is 23.8 Å². The molecule has 0 radical (unpaired) electrons. The minimum Gasteiger partial charge on any atom is -0.463 e. The largest absolute Gasteiger partial charge is 0.463 e. The highest BCUT2D eigenvalue weighted by Gasteiger charge is 2.56. The Balaban J connectivity index is 1.63. The zero-order valence-corrected chi connectivity index (χ0v) is 14.7. The van der Waals surface area contributed by atoms with Crippen LogP contribution in [0.15, 0.2) is 0 Å². The minimum absolute atomic E-state index is 0.00290. The molecule has 0 aromatic heterocycles. The Bertz CT molecular complexity index is 566. The van der Waals surface area contributed by atoms with Crippen molar-refractivity contribution >= 4 is 11.9 Å². The van der Waals surface area contributed by atoms with E-state index in [1.807, 2.05) is 13.8 Å². The lowest BCUT2D eigenvalue weighted by Gasteiger charge is -2.32. The summed E-state index contributed by atoms with van der Waals surface area (Å²) in [5.74, 6) is -0.260. The van der Waals surface area contributed by atoms with Crippen LogP contribution < -0.4 is 0 Å². The van der Waals surface area contributed by atoms with Gasteiger partial charge in [0.05, 0.1) is 24.7 Å². The van der Waals surface area contributed by atoms with Crippen LogP contribution in [0.4, 0.5) is 0 Å². The van der Waals surface area contributed by atoms with Crippen LogP contribution in [0.5, 0.6) is 0 Å².